The number of benzene rings is 2. The van der Waals surface area contributed by atoms with Crippen LogP contribution in [0.2, 0.25) is 0 Å². The normalized spacial score (nSPS) is 11.4. The van der Waals surface area contributed by atoms with E-state index in [4.69, 9.17) is 15.0 Å². The maximum atomic E-state index is 11.0. The van der Waals surface area contributed by atoms with E-state index in [1.54, 1.807) is 18.2 Å². The highest BCUT2D eigenvalue weighted by Crippen LogP contribution is 2.35. The third-order valence-corrected chi connectivity index (χ3v) is 5.05. The number of aliphatic carboxylic acids is 1. The second kappa shape index (κ2) is 6.86. The van der Waals surface area contributed by atoms with E-state index in [0.717, 1.165) is 21.2 Å². The highest BCUT2D eigenvalue weighted by atomic mass is 32.1. The third kappa shape index (κ3) is 3.21. The van der Waals surface area contributed by atoms with E-state index in [1.807, 2.05) is 42.5 Å². The summed E-state index contributed by atoms with van der Waals surface area (Å²) in [6.45, 7) is 0. The molecule has 0 atom stereocenters. The van der Waals surface area contributed by atoms with Gasteiger partial charge in [-0.3, -0.25) is 0 Å². The molecule has 0 radical (unpaired) electrons. The molecule has 0 aliphatic heterocycles. The first kappa shape index (κ1) is 16.7. The molecule has 0 aliphatic carbocycles. The van der Waals surface area contributed by atoms with Gasteiger partial charge < -0.3 is 5.11 Å². The number of carboxylic acid groups (broad SMARTS) is 1. The van der Waals surface area contributed by atoms with E-state index >= 15 is 0 Å². The first-order chi connectivity index (χ1) is 13.2. The Morgan fingerprint density at radius 1 is 1.07 bits per heavy atom. The Kier molecular flexibility index (Phi) is 4.24. The third-order valence-electron chi connectivity index (χ3n) is 4.01. The summed E-state index contributed by atoms with van der Waals surface area (Å²) in [5.41, 5.74) is 1.73. The van der Waals surface area contributed by atoms with Crippen molar-refractivity contribution < 1.29 is 14.5 Å². The van der Waals surface area contributed by atoms with Crippen molar-refractivity contribution >= 4 is 34.2 Å². The molecule has 0 bridgehead atoms. The Labute approximate surface area is 157 Å². The molecule has 2 heterocycles. The van der Waals surface area contributed by atoms with E-state index in [0.29, 0.717) is 16.3 Å². The van der Waals surface area contributed by atoms with Crippen molar-refractivity contribution in [1.29, 1.82) is 5.26 Å². The summed E-state index contributed by atoms with van der Waals surface area (Å²) in [6, 6.07) is 19.2. The number of nitriles is 1. The van der Waals surface area contributed by atoms with Crippen molar-refractivity contribution in [3.63, 3.8) is 0 Å². The minimum atomic E-state index is -1.26. The zero-order valence-electron chi connectivity index (χ0n) is 13.8. The molecule has 1 N–H and O–H groups in total. The molecular weight excluding hydrogens is 362 g/mol. The van der Waals surface area contributed by atoms with Gasteiger partial charge in [0.25, 0.3) is 0 Å². The van der Waals surface area contributed by atoms with Crippen LogP contribution in [-0.4, -0.2) is 21.4 Å². The van der Waals surface area contributed by atoms with Gasteiger partial charge in [0.2, 0.25) is 0 Å². The Morgan fingerprint density at radius 3 is 2.63 bits per heavy atom. The van der Waals surface area contributed by atoms with Crippen molar-refractivity contribution in [1.82, 2.24) is 10.3 Å². The fraction of sp³-hybridized carbons (Fsp3) is 0. The van der Waals surface area contributed by atoms with Crippen molar-refractivity contribution in [2.45, 2.75) is 0 Å². The fourth-order valence-electron chi connectivity index (χ4n) is 2.72. The highest BCUT2D eigenvalue weighted by molar-refractivity contribution is 7.16. The summed E-state index contributed by atoms with van der Waals surface area (Å²) in [5, 5.41) is 28.1. The largest absolute Gasteiger partial charge is 0.477 e. The maximum Gasteiger partial charge on any atom is 0.346 e. The number of thiophene rings is 1. The molecule has 0 aliphatic rings. The number of carbonyl (C=O) groups is 1. The summed E-state index contributed by atoms with van der Waals surface area (Å²) in [5.74, 6) is -1.26. The second-order valence-electron chi connectivity index (χ2n) is 5.70. The minimum absolute atomic E-state index is 0.323. The molecule has 2 aromatic heterocycles. The average molecular weight is 373 g/mol. The Bertz CT molecular complexity index is 1230. The molecule has 0 fully saturated rings. The monoisotopic (exact) mass is 373 g/mol. The summed E-state index contributed by atoms with van der Waals surface area (Å²) in [6.07, 6.45) is 1.33. The summed E-state index contributed by atoms with van der Waals surface area (Å²) >= 11 is 1.31. The predicted octanol–water partition coefficient (Wildman–Crippen LogP) is 4.61. The maximum absolute atomic E-state index is 11.0. The van der Waals surface area contributed by atoms with Gasteiger partial charge in [-0.15, -0.1) is 11.3 Å². The standard InChI is InChI=1S/C20H11N3O3S/c21-11-15(20(24)25)10-16-7-8-17(27-16)19-18(22-26-23-19)14-6-5-12-3-1-2-4-13(12)9-14/h1-10H,(H,24,25)/b15-10+. The fourth-order valence-corrected chi connectivity index (χ4v) is 3.65. The van der Waals surface area contributed by atoms with Crippen LogP contribution in [0.25, 0.3) is 38.7 Å². The summed E-state index contributed by atoms with van der Waals surface area (Å²) < 4.78 is 4.96. The van der Waals surface area contributed by atoms with Gasteiger partial charge in [-0.2, -0.15) is 5.26 Å². The van der Waals surface area contributed by atoms with Gasteiger partial charge >= 0.3 is 5.97 Å². The van der Waals surface area contributed by atoms with Crippen LogP contribution in [0.5, 0.6) is 0 Å². The molecule has 4 aromatic rings. The van der Waals surface area contributed by atoms with Crippen LogP contribution in [0.1, 0.15) is 4.88 Å². The van der Waals surface area contributed by atoms with Crippen LogP contribution in [0.4, 0.5) is 0 Å². The summed E-state index contributed by atoms with van der Waals surface area (Å²) in [4.78, 5) is 12.4. The number of nitrogens with zero attached hydrogens (tertiary/aromatic N) is 3. The molecule has 2 aromatic carbocycles. The highest BCUT2D eigenvalue weighted by Gasteiger charge is 2.17. The van der Waals surface area contributed by atoms with Gasteiger partial charge in [0.15, 0.2) is 5.69 Å². The molecule has 27 heavy (non-hydrogen) atoms. The zero-order chi connectivity index (χ0) is 18.8. The summed E-state index contributed by atoms with van der Waals surface area (Å²) in [7, 11) is 0. The lowest BCUT2D eigenvalue weighted by atomic mass is 10.0. The second-order valence-corrected chi connectivity index (χ2v) is 6.82. The molecule has 6 nitrogen and oxygen atoms in total. The molecule has 7 heteroatoms. The van der Waals surface area contributed by atoms with Gasteiger partial charge in [-0.1, -0.05) is 36.4 Å². The van der Waals surface area contributed by atoms with Gasteiger partial charge in [-0.05, 0) is 45.4 Å². The van der Waals surface area contributed by atoms with Gasteiger partial charge in [-0.25, -0.2) is 9.42 Å². The van der Waals surface area contributed by atoms with Crippen molar-refractivity contribution in [2.75, 3.05) is 0 Å². The SMILES string of the molecule is N#C/C(=C\c1ccc(-c2nonc2-c2ccc3ccccc3c2)s1)C(=O)O. The van der Waals surface area contributed by atoms with Gasteiger partial charge in [0.05, 0.1) is 4.88 Å². The zero-order valence-corrected chi connectivity index (χ0v) is 14.6. The first-order valence-electron chi connectivity index (χ1n) is 7.93. The number of aromatic nitrogens is 2. The predicted molar refractivity (Wildman–Crippen MR) is 102 cm³/mol. The molecule has 4 rings (SSSR count). The van der Waals surface area contributed by atoms with Gasteiger partial charge in [0.1, 0.15) is 17.3 Å². The molecule has 0 spiro atoms. The van der Waals surface area contributed by atoms with E-state index in [-0.39, 0.29) is 5.57 Å². The Hall–Kier alpha value is -3.76. The van der Waals surface area contributed by atoms with Crippen molar-refractivity contribution in [3.05, 3.63) is 65.0 Å². The number of fused-ring (bicyclic) bond motifs is 1. The molecule has 130 valence electrons. The number of carboxylic acids is 1. The van der Waals surface area contributed by atoms with Crippen LogP contribution in [0.15, 0.2) is 64.8 Å². The molecular formula is C20H11N3O3S. The van der Waals surface area contributed by atoms with E-state index in [2.05, 4.69) is 10.3 Å². The van der Waals surface area contributed by atoms with Crippen molar-refractivity contribution in [3.8, 4) is 27.9 Å². The quantitative estimate of drug-likeness (QED) is 0.414. The van der Waals surface area contributed by atoms with Crippen LogP contribution < -0.4 is 0 Å². The first-order valence-corrected chi connectivity index (χ1v) is 8.74. The smallest absolute Gasteiger partial charge is 0.346 e. The van der Waals surface area contributed by atoms with Crippen LogP contribution in [0.3, 0.4) is 0 Å². The topological polar surface area (TPSA) is 100 Å². The van der Waals surface area contributed by atoms with E-state index in [9.17, 15) is 4.79 Å². The lowest BCUT2D eigenvalue weighted by molar-refractivity contribution is -0.132. The average Bonchev–Trinajstić information content (AvgIpc) is 3.34. The Morgan fingerprint density at radius 2 is 1.85 bits per heavy atom. The van der Waals surface area contributed by atoms with Crippen molar-refractivity contribution in [2.24, 2.45) is 0 Å². The molecule has 0 saturated carbocycles. The van der Waals surface area contributed by atoms with Crippen LogP contribution >= 0.6 is 11.3 Å². The van der Waals surface area contributed by atoms with Gasteiger partial charge in [0, 0.05) is 10.4 Å². The lowest BCUT2D eigenvalue weighted by Gasteiger charge is -2.01. The van der Waals surface area contributed by atoms with E-state index in [1.165, 1.54) is 17.4 Å². The lowest BCUT2D eigenvalue weighted by Crippen LogP contribution is -1.96. The van der Waals surface area contributed by atoms with Crippen LogP contribution in [0, 0.1) is 11.3 Å². The van der Waals surface area contributed by atoms with E-state index < -0.39 is 5.97 Å². The number of hydrogen-bond acceptors (Lipinski definition) is 6. The Balaban J connectivity index is 1.74. The molecule has 0 unspecified atom stereocenters. The number of rotatable bonds is 4. The molecule has 0 amide bonds. The molecule has 0 saturated heterocycles. The number of hydrogen-bond donors (Lipinski definition) is 1. The van der Waals surface area contributed by atoms with Crippen LogP contribution in [-0.2, 0) is 4.79 Å². The minimum Gasteiger partial charge on any atom is -0.477 e.